The van der Waals surface area contributed by atoms with Crippen LogP contribution in [0.1, 0.15) is 46.0 Å². The Kier molecular flexibility index (Phi) is 12.6. The molecule has 2 atom stereocenters. The molecule has 0 bridgehead atoms. The summed E-state index contributed by atoms with van der Waals surface area (Å²) in [4.78, 5) is 22.1. The van der Waals surface area contributed by atoms with E-state index in [9.17, 15) is 18.0 Å². The molecule has 9 heteroatoms. The number of unbranched alkanes of at least 4 members (excludes halogenated alkanes) is 1. The molecular weight excluding hydrogens is 311 g/mol. The summed E-state index contributed by atoms with van der Waals surface area (Å²) in [7, 11) is -4.79. The van der Waals surface area contributed by atoms with E-state index in [1.165, 1.54) is 0 Å². The average Bonchev–Trinajstić information content (AvgIpc) is 2.34. The number of aliphatic carboxylic acids is 1. The van der Waals surface area contributed by atoms with Gasteiger partial charge in [-0.2, -0.15) is 8.42 Å². The van der Waals surface area contributed by atoms with E-state index in [4.69, 9.17) is 14.4 Å². The first-order valence-electron chi connectivity index (χ1n) is 6.57. The zero-order valence-corrected chi connectivity index (χ0v) is 12.6. The summed E-state index contributed by atoms with van der Waals surface area (Å²) in [5.41, 5.74) is 0. The third-order valence-electron chi connectivity index (χ3n) is 2.99. The van der Waals surface area contributed by atoms with Crippen molar-refractivity contribution in [2.45, 2.75) is 51.2 Å². The molecule has 21 heavy (non-hydrogen) atoms. The first-order valence-corrected chi connectivity index (χ1v) is 8.07. The van der Waals surface area contributed by atoms with Crippen LogP contribution in [0.25, 0.3) is 0 Å². The fourth-order valence-electron chi connectivity index (χ4n) is 1.66. The standard InChI is InChI=1S/C12H22O7S.Na.H/c1-3-5-6-9(4-2)8-19-12(15)10(7-11(13)14)20(16,17)18;;/h9-10H,3-8H2,1-2H3,(H,13,14)(H,16,17,18);;. The van der Waals surface area contributed by atoms with E-state index in [-0.39, 0.29) is 42.1 Å². The van der Waals surface area contributed by atoms with E-state index in [1.807, 2.05) is 13.8 Å². The zero-order chi connectivity index (χ0) is 15.8. The molecular formula is C12H23NaO7S. The molecule has 0 aromatic rings. The maximum atomic E-state index is 11.6. The van der Waals surface area contributed by atoms with Crippen molar-refractivity contribution >= 4 is 51.6 Å². The second-order valence-electron chi connectivity index (χ2n) is 4.65. The molecule has 0 aromatic carbocycles. The molecule has 0 fully saturated rings. The Morgan fingerprint density at radius 2 is 1.81 bits per heavy atom. The van der Waals surface area contributed by atoms with Crippen LogP contribution in [0.5, 0.6) is 0 Å². The number of hydrogen-bond donors (Lipinski definition) is 2. The summed E-state index contributed by atoms with van der Waals surface area (Å²) in [5, 5.41) is 6.49. The molecule has 0 aromatic heterocycles. The van der Waals surface area contributed by atoms with Gasteiger partial charge >= 0.3 is 41.5 Å². The number of carbonyl (C=O) groups is 2. The molecule has 0 amide bonds. The van der Waals surface area contributed by atoms with Crippen molar-refractivity contribution in [3.63, 3.8) is 0 Å². The van der Waals surface area contributed by atoms with Crippen LogP contribution in [-0.4, -0.2) is 71.4 Å². The van der Waals surface area contributed by atoms with Crippen molar-refractivity contribution in [1.82, 2.24) is 0 Å². The molecule has 120 valence electrons. The van der Waals surface area contributed by atoms with E-state index < -0.39 is 33.7 Å². The van der Waals surface area contributed by atoms with Gasteiger partial charge in [0, 0.05) is 0 Å². The third-order valence-corrected chi connectivity index (χ3v) is 4.07. The van der Waals surface area contributed by atoms with Crippen LogP contribution in [0.3, 0.4) is 0 Å². The number of rotatable bonds is 10. The minimum absolute atomic E-state index is 0. The van der Waals surface area contributed by atoms with E-state index in [0.717, 1.165) is 25.7 Å². The summed E-state index contributed by atoms with van der Waals surface area (Å²) >= 11 is 0. The van der Waals surface area contributed by atoms with Crippen molar-refractivity contribution in [3.05, 3.63) is 0 Å². The fraction of sp³-hybridized carbons (Fsp3) is 0.833. The Hall–Kier alpha value is -0.150. The number of carboxylic acids is 1. The molecule has 2 N–H and O–H groups in total. The number of hydrogen-bond acceptors (Lipinski definition) is 5. The van der Waals surface area contributed by atoms with E-state index >= 15 is 0 Å². The van der Waals surface area contributed by atoms with Crippen LogP contribution >= 0.6 is 0 Å². The van der Waals surface area contributed by atoms with Gasteiger partial charge in [-0.05, 0) is 12.3 Å². The SMILES string of the molecule is CCCCC(CC)COC(=O)C(CC(=O)O)S(=O)(=O)O.[NaH]. The first-order chi connectivity index (χ1) is 9.22. The molecule has 0 spiro atoms. The van der Waals surface area contributed by atoms with Crippen molar-refractivity contribution in [2.24, 2.45) is 5.92 Å². The second kappa shape index (κ2) is 11.4. The number of carbonyl (C=O) groups excluding carboxylic acids is 1. The van der Waals surface area contributed by atoms with Gasteiger partial charge < -0.3 is 9.84 Å². The van der Waals surface area contributed by atoms with Gasteiger partial charge in [0.1, 0.15) is 0 Å². The van der Waals surface area contributed by atoms with Crippen molar-refractivity contribution < 1.29 is 32.4 Å². The Morgan fingerprint density at radius 3 is 2.19 bits per heavy atom. The van der Waals surface area contributed by atoms with Gasteiger partial charge in [0.2, 0.25) is 0 Å². The summed E-state index contributed by atoms with van der Waals surface area (Å²) in [6, 6.07) is 0. The van der Waals surface area contributed by atoms with Crippen LogP contribution in [0, 0.1) is 5.92 Å². The van der Waals surface area contributed by atoms with Crippen LogP contribution in [0.4, 0.5) is 0 Å². The minimum atomic E-state index is -4.79. The molecule has 2 unspecified atom stereocenters. The van der Waals surface area contributed by atoms with Crippen LogP contribution in [0.2, 0.25) is 0 Å². The van der Waals surface area contributed by atoms with E-state index in [0.29, 0.717) is 0 Å². The quantitative estimate of drug-likeness (QED) is 0.345. The molecule has 0 rings (SSSR count). The number of esters is 1. The summed E-state index contributed by atoms with van der Waals surface area (Å²) in [6.07, 6.45) is 2.56. The zero-order valence-electron chi connectivity index (χ0n) is 11.7. The number of ether oxygens (including phenoxy) is 1. The van der Waals surface area contributed by atoms with Gasteiger partial charge in [-0.3, -0.25) is 14.1 Å². The normalized spacial score (nSPS) is 13.9. The van der Waals surface area contributed by atoms with Crippen molar-refractivity contribution in [3.8, 4) is 0 Å². The third kappa shape index (κ3) is 10.2. The molecule has 0 heterocycles. The van der Waals surface area contributed by atoms with E-state index in [1.54, 1.807) is 0 Å². The monoisotopic (exact) mass is 334 g/mol. The van der Waals surface area contributed by atoms with Gasteiger partial charge in [0.15, 0.2) is 5.25 Å². The van der Waals surface area contributed by atoms with Gasteiger partial charge in [0.05, 0.1) is 13.0 Å². The predicted octanol–water partition coefficient (Wildman–Crippen LogP) is 0.829. The first kappa shape index (κ1) is 23.1. The molecule has 0 radical (unpaired) electrons. The molecule has 0 aliphatic rings. The van der Waals surface area contributed by atoms with Gasteiger partial charge in [-0.25, -0.2) is 0 Å². The van der Waals surface area contributed by atoms with E-state index in [2.05, 4.69) is 0 Å². The van der Waals surface area contributed by atoms with Crippen LogP contribution in [-0.2, 0) is 24.4 Å². The molecule has 0 aliphatic heterocycles. The predicted molar refractivity (Wildman–Crippen MR) is 79.0 cm³/mol. The van der Waals surface area contributed by atoms with Gasteiger partial charge in [0.25, 0.3) is 10.1 Å². The summed E-state index contributed by atoms with van der Waals surface area (Å²) in [5.74, 6) is -2.61. The topological polar surface area (TPSA) is 118 Å². The Morgan fingerprint density at radius 1 is 1.24 bits per heavy atom. The van der Waals surface area contributed by atoms with Crippen molar-refractivity contribution in [2.75, 3.05) is 6.61 Å². The Balaban J connectivity index is 0. The summed E-state index contributed by atoms with van der Waals surface area (Å²) in [6.45, 7) is 3.98. The molecule has 0 saturated carbocycles. The second-order valence-corrected chi connectivity index (χ2v) is 6.25. The average molecular weight is 334 g/mol. The molecule has 7 nitrogen and oxygen atoms in total. The fourth-order valence-corrected chi connectivity index (χ4v) is 2.32. The van der Waals surface area contributed by atoms with Gasteiger partial charge in [-0.15, -0.1) is 0 Å². The van der Waals surface area contributed by atoms with Crippen LogP contribution in [0.15, 0.2) is 0 Å². The maximum absolute atomic E-state index is 11.6. The van der Waals surface area contributed by atoms with Gasteiger partial charge in [-0.1, -0.05) is 33.1 Å². The number of carboxylic acid groups (broad SMARTS) is 1. The Bertz CT molecular complexity index is 421. The van der Waals surface area contributed by atoms with Crippen molar-refractivity contribution in [1.29, 1.82) is 0 Å². The molecule has 0 aliphatic carbocycles. The van der Waals surface area contributed by atoms with Crippen LogP contribution < -0.4 is 0 Å². The summed E-state index contributed by atoms with van der Waals surface area (Å²) < 4.78 is 35.7. The Labute approximate surface area is 147 Å². The molecule has 0 saturated heterocycles.